The van der Waals surface area contributed by atoms with Crippen LogP contribution >= 0.6 is 0 Å². The van der Waals surface area contributed by atoms with E-state index in [1.807, 2.05) is 13.8 Å². The molecule has 0 spiro atoms. The molecule has 0 N–H and O–H groups in total. The third kappa shape index (κ3) is 6.94. The van der Waals surface area contributed by atoms with Crippen molar-refractivity contribution < 1.29 is 18.9 Å². The van der Waals surface area contributed by atoms with Crippen molar-refractivity contribution in [2.45, 2.75) is 65.7 Å². The highest BCUT2D eigenvalue weighted by Gasteiger charge is 2.25. The molecule has 2 aromatic carbocycles. The summed E-state index contributed by atoms with van der Waals surface area (Å²) in [5.74, 6) is 0.989. The number of benzene rings is 2. The Bertz CT molecular complexity index is 1140. The number of unbranched alkanes of at least 4 members (excludes halogenated alkanes) is 2. The average molecular weight is 495 g/mol. The van der Waals surface area contributed by atoms with Crippen molar-refractivity contribution in [3.8, 4) is 5.75 Å². The van der Waals surface area contributed by atoms with Gasteiger partial charge in [0.25, 0.3) is 5.69 Å². The monoisotopic (exact) mass is 494 g/mol. The second-order valence-electron chi connectivity index (χ2n) is 9.54. The Hall–Kier alpha value is -3.19. The zero-order valence-corrected chi connectivity index (χ0v) is 21.9. The molecule has 3 rings (SSSR count). The molecule has 0 aliphatic rings. The molecule has 0 atom stereocenters. The van der Waals surface area contributed by atoms with Gasteiger partial charge in [0.2, 0.25) is 0 Å². The maximum absolute atomic E-state index is 13.5. The van der Waals surface area contributed by atoms with E-state index in [0.29, 0.717) is 34.5 Å². The lowest BCUT2D eigenvalue weighted by atomic mass is 9.96. The molecular weight excluding hydrogens is 456 g/mol. The Morgan fingerprint density at radius 2 is 1.64 bits per heavy atom. The summed E-state index contributed by atoms with van der Waals surface area (Å²) in [5.41, 5.74) is 1.28. The number of non-ortho nitro benzene ring substituents is 1. The minimum Gasteiger partial charge on any atom is -0.494 e. The lowest BCUT2D eigenvalue weighted by Crippen LogP contribution is -2.28. The Morgan fingerprint density at radius 1 is 1.00 bits per heavy atom. The van der Waals surface area contributed by atoms with E-state index in [1.165, 1.54) is 37.8 Å². The van der Waals surface area contributed by atoms with Gasteiger partial charge in [0.15, 0.2) is 5.78 Å². The van der Waals surface area contributed by atoms with E-state index in [9.17, 15) is 14.9 Å². The molecule has 1 heterocycles. The molecular formula is C29H38N2O5. The average Bonchev–Trinajstić information content (AvgIpc) is 3.26. The molecule has 0 unspecified atom stereocenters. The predicted molar refractivity (Wildman–Crippen MR) is 143 cm³/mol. The van der Waals surface area contributed by atoms with Gasteiger partial charge in [-0.1, -0.05) is 40.5 Å². The van der Waals surface area contributed by atoms with Crippen molar-refractivity contribution in [3.05, 3.63) is 69.5 Å². The van der Waals surface area contributed by atoms with E-state index in [4.69, 9.17) is 9.15 Å². The predicted octanol–water partition coefficient (Wildman–Crippen LogP) is 7.37. The molecule has 36 heavy (non-hydrogen) atoms. The number of ketones is 1. The molecule has 0 fully saturated rings. The fourth-order valence-corrected chi connectivity index (χ4v) is 4.28. The first kappa shape index (κ1) is 27.4. The van der Waals surface area contributed by atoms with Gasteiger partial charge < -0.3 is 14.1 Å². The fourth-order valence-electron chi connectivity index (χ4n) is 4.28. The highest BCUT2D eigenvalue weighted by Crippen LogP contribution is 2.35. The quantitative estimate of drug-likeness (QED) is 0.0949. The summed E-state index contributed by atoms with van der Waals surface area (Å²) in [6, 6.07) is 11.5. The Kier molecular flexibility index (Phi) is 10.1. The van der Waals surface area contributed by atoms with E-state index in [2.05, 4.69) is 18.7 Å². The normalized spacial score (nSPS) is 11.5. The molecule has 0 aliphatic heterocycles. The zero-order valence-electron chi connectivity index (χ0n) is 21.9. The number of nitro benzene ring substituents is 1. The summed E-state index contributed by atoms with van der Waals surface area (Å²) in [7, 11) is 0. The van der Waals surface area contributed by atoms with Crippen LogP contribution in [-0.2, 0) is 0 Å². The van der Waals surface area contributed by atoms with E-state index >= 15 is 0 Å². The molecule has 194 valence electrons. The van der Waals surface area contributed by atoms with Crippen molar-refractivity contribution in [1.82, 2.24) is 4.90 Å². The maximum atomic E-state index is 13.5. The summed E-state index contributed by atoms with van der Waals surface area (Å²) in [6.45, 7) is 12.2. The van der Waals surface area contributed by atoms with Crippen LogP contribution in [0.2, 0.25) is 0 Å². The fraction of sp³-hybridized carbons (Fsp3) is 0.483. The largest absolute Gasteiger partial charge is 0.494 e. The molecule has 1 aromatic heterocycles. The standard InChI is InChI=1S/C29H38N2O5/c1-5-7-16-30(17-8-6-2)18-9-19-35-24-13-10-22(11-14-24)28(32)27-25-20-23(31(33)34)12-15-26(25)36-29(27)21(3)4/h10-15,20-21H,5-9,16-19H2,1-4H3. The molecule has 0 radical (unpaired) electrons. The van der Waals surface area contributed by atoms with Crippen LogP contribution in [0.15, 0.2) is 46.9 Å². The zero-order chi connectivity index (χ0) is 26.1. The van der Waals surface area contributed by atoms with E-state index < -0.39 is 4.92 Å². The SMILES string of the molecule is CCCCN(CCCC)CCCOc1ccc(C(=O)c2c(C(C)C)oc3ccc([N+](=O)[O-])cc23)cc1. The van der Waals surface area contributed by atoms with Crippen LogP contribution in [0.4, 0.5) is 5.69 Å². The molecule has 0 saturated heterocycles. The van der Waals surface area contributed by atoms with Gasteiger partial charge >= 0.3 is 0 Å². The van der Waals surface area contributed by atoms with Crippen LogP contribution in [0.1, 0.15) is 87.4 Å². The van der Waals surface area contributed by atoms with E-state index in [0.717, 1.165) is 31.8 Å². The lowest BCUT2D eigenvalue weighted by molar-refractivity contribution is -0.384. The van der Waals surface area contributed by atoms with Crippen molar-refractivity contribution in [2.75, 3.05) is 26.2 Å². The number of ether oxygens (including phenoxy) is 1. The first-order chi connectivity index (χ1) is 17.3. The van der Waals surface area contributed by atoms with Crippen LogP contribution in [0.5, 0.6) is 5.75 Å². The molecule has 7 nitrogen and oxygen atoms in total. The van der Waals surface area contributed by atoms with Crippen LogP contribution in [-0.4, -0.2) is 41.8 Å². The van der Waals surface area contributed by atoms with Gasteiger partial charge in [-0.25, -0.2) is 0 Å². The van der Waals surface area contributed by atoms with E-state index in [-0.39, 0.29) is 17.4 Å². The van der Waals surface area contributed by atoms with Crippen LogP contribution in [0, 0.1) is 10.1 Å². The molecule has 7 heteroatoms. The van der Waals surface area contributed by atoms with Gasteiger partial charge in [-0.15, -0.1) is 0 Å². The summed E-state index contributed by atoms with van der Waals surface area (Å²) in [5, 5.41) is 11.8. The number of furan rings is 1. The topological polar surface area (TPSA) is 85.8 Å². The van der Waals surface area contributed by atoms with Gasteiger partial charge in [-0.05, 0) is 62.7 Å². The molecule has 0 amide bonds. The molecule has 0 bridgehead atoms. The third-order valence-electron chi connectivity index (χ3n) is 6.32. The van der Waals surface area contributed by atoms with Crippen molar-refractivity contribution in [1.29, 1.82) is 0 Å². The molecule has 0 aliphatic carbocycles. The van der Waals surface area contributed by atoms with E-state index in [1.54, 1.807) is 30.3 Å². The number of hydrogen-bond donors (Lipinski definition) is 0. The van der Waals surface area contributed by atoms with Crippen molar-refractivity contribution in [3.63, 3.8) is 0 Å². The Morgan fingerprint density at radius 3 is 2.22 bits per heavy atom. The van der Waals surface area contributed by atoms with Crippen molar-refractivity contribution >= 4 is 22.4 Å². The van der Waals surface area contributed by atoms with Gasteiger partial charge in [0.1, 0.15) is 17.1 Å². The van der Waals surface area contributed by atoms with Gasteiger partial charge in [0, 0.05) is 35.5 Å². The number of nitro groups is 1. The summed E-state index contributed by atoms with van der Waals surface area (Å²) in [4.78, 5) is 26.8. The maximum Gasteiger partial charge on any atom is 0.270 e. The number of nitrogens with zero attached hydrogens (tertiary/aromatic N) is 2. The minimum absolute atomic E-state index is 0.0489. The number of carbonyl (C=O) groups is 1. The molecule has 0 saturated carbocycles. The molecule has 3 aromatic rings. The number of fused-ring (bicyclic) bond motifs is 1. The minimum atomic E-state index is -0.464. The second kappa shape index (κ2) is 13.2. The summed E-state index contributed by atoms with van der Waals surface area (Å²) >= 11 is 0. The second-order valence-corrected chi connectivity index (χ2v) is 9.54. The highest BCUT2D eigenvalue weighted by atomic mass is 16.6. The number of hydrogen-bond acceptors (Lipinski definition) is 6. The number of rotatable bonds is 15. The van der Waals surface area contributed by atoms with Gasteiger partial charge in [-0.2, -0.15) is 0 Å². The van der Waals surface area contributed by atoms with Crippen LogP contribution in [0.25, 0.3) is 11.0 Å². The van der Waals surface area contributed by atoms with Crippen LogP contribution < -0.4 is 4.74 Å². The van der Waals surface area contributed by atoms with Gasteiger partial charge in [-0.3, -0.25) is 14.9 Å². The summed E-state index contributed by atoms with van der Waals surface area (Å²) in [6.07, 6.45) is 5.80. The van der Waals surface area contributed by atoms with Crippen molar-refractivity contribution in [2.24, 2.45) is 0 Å². The summed E-state index contributed by atoms with van der Waals surface area (Å²) < 4.78 is 11.9. The Labute approximate surface area is 213 Å². The Balaban J connectivity index is 1.68. The third-order valence-corrected chi connectivity index (χ3v) is 6.32. The smallest absolute Gasteiger partial charge is 0.270 e. The lowest BCUT2D eigenvalue weighted by Gasteiger charge is -2.21. The first-order valence-corrected chi connectivity index (χ1v) is 13.1. The highest BCUT2D eigenvalue weighted by molar-refractivity contribution is 6.17. The van der Waals surface area contributed by atoms with Crippen LogP contribution in [0.3, 0.4) is 0 Å². The number of carbonyl (C=O) groups excluding carboxylic acids is 1. The first-order valence-electron chi connectivity index (χ1n) is 13.1. The van der Waals surface area contributed by atoms with Gasteiger partial charge in [0.05, 0.1) is 17.1 Å².